The van der Waals surface area contributed by atoms with E-state index < -0.39 is 15.6 Å². The molecule has 0 aromatic heterocycles. The van der Waals surface area contributed by atoms with Crippen molar-refractivity contribution < 1.29 is 25.8 Å². The normalized spacial score (nSPS) is 11.8. The molecule has 0 unspecified atom stereocenters. The Balaban J connectivity index is 0.000000486. The second kappa shape index (κ2) is 9.26. The van der Waals surface area contributed by atoms with E-state index in [2.05, 4.69) is 25.0 Å². The van der Waals surface area contributed by atoms with E-state index in [1.54, 1.807) is 0 Å². The van der Waals surface area contributed by atoms with Gasteiger partial charge in [0.25, 0.3) is 0 Å². The van der Waals surface area contributed by atoms with E-state index >= 15 is 0 Å². The first-order chi connectivity index (χ1) is 9.67. The molecule has 1 rings (SSSR count). The van der Waals surface area contributed by atoms with E-state index in [0.29, 0.717) is 7.92 Å². The summed E-state index contributed by atoms with van der Waals surface area (Å²) >= 11 is 0. The molecule has 8 heteroatoms. The maximum Gasteiger partial charge on any atom is 0.534 e. The Kier molecular flexibility index (Phi) is 8.90. The van der Waals surface area contributed by atoms with Crippen LogP contribution in [0.4, 0.5) is 13.2 Å². The minimum absolute atomic E-state index is 0.371. The molecule has 0 aliphatic rings. The van der Waals surface area contributed by atoms with Gasteiger partial charge in [0.05, 0.1) is 0 Å². The maximum atomic E-state index is 11.8. The lowest BCUT2D eigenvalue weighted by Crippen LogP contribution is -2.27. The zero-order valence-corrected chi connectivity index (χ0v) is 13.9. The first-order valence-corrected chi connectivity index (χ1v) is 9.76. The molecule has 0 bridgehead atoms. The Morgan fingerprint density at radius 1 is 1.00 bits per heavy atom. The molecule has 0 aliphatic carbocycles. The second-order valence-electron chi connectivity index (χ2n) is 3.92. The first kappa shape index (κ1) is 20.2. The summed E-state index contributed by atoms with van der Waals surface area (Å²) in [6.45, 7) is 6.87. The van der Waals surface area contributed by atoms with Crippen molar-refractivity contribution in [2.75, 3.05) is 18.5 Å². The SMILES string of the molecule is CCP(CC)CC.O=S(=O)(Oc1ccccc1)C(F)(F)F. The predicted molar refractivity (Wildman–Crippen MR) is 80.6 cm³/mol. The van der Waals surface area contributed by atoms with E-state index in [-0.39, 0.29) is 5.75 Å². The lowest BCUT2D eigenvalue weighted by Gasteiger charge is -2.08. The van der Waals surface area contributed by atoms with Crippen LogP contribution in [0.15, 0.2) is 30.3 Å². The highest BCUT2D eigenvalue weighted by Gasteiger charge is 2.48. The van der Waals surface area contributed by atoms with Crippen LogP contribution >= 0.6 is 7.92 Å². The van der Waals surface area contributed by atoms with Crippen LogP contribution in [0.3, 0.4) is 0 Å². The van der Waals surface area contributed by atoms with Crippen molar-refractivity contribution in [3.63, 3.8) is 0 Å². The van der Waals surface area contributed by atoms with Gasteiger partial charge in [-0.25, -0.2) is 0 Å². The zero-order chi connectivity index (χ0) is 16.5. The van der Waals surface area contributed by atoms with Crippen molar-refractivity contribution in [3.05, 3.63) is 30.3 Å². The Bertz CT molecular complexity index is 480. The molecule has 0 radical (unpaired) electrons. The molecule has 0 aliphatic heterocycles. The molecule has 0 saturated heterocycles. The van der Waals surface area contributed by atoms with E-state index in [1.807, 2.05) is 0 Å². The van der Waals surface area contributed by atoms with Crippen molar-refractivity contribution in [1.82, 2.24) is 0 Å². The van der Waals surface area contributed by atoms with Crippen LogP contribution in [-0.4, -0.2) is 32.4 Å². The van der Waals surface area contributed by atoms with Gasteiger partial charge in [0.1, 0.15) is 5.75 Å². The fourth-order valence-electron chi connectivity index (χ4n) is 1.32. The number of alkyl halides is 3. The molecule has 1 aromatic carbocycles. The van der Waals surface area contributed by atoms with Gasteiger partial charge in [-0.1, -0.05) is 39.0 Å². The highest BCUT2D eigenvalue weighted by atomic mass is 32.2. The van der Waals surface area contributed by atoms with Gasteiger partial charge in [0.2, 0.25) is 0 Å². The fraction of sp³-hybridized carbons (Fsp3) is 0.538. The summed E-state index contributed by atoms with van der Waals surface area (Å²) < 4.78 is 60.2. The quantitative estimate of drug-likeness (QED) is 0.450. The molecule has 0 heterocycles. The van der Waals surface area contributed by atoms with Crippen molar-refractivity contribution in [2.24, 2.45) is 0 Å². The summed E-state index contributed by atoms with van der Waals surface area (Å²) in [5.74, 6) is -0.371. The lowest BCUT2D eigenvalue weighted by molar-refractivity contribution is -0.0500. The average Bonchev–Trinajstić information content (AvgIpc) is 2.41. The fourth-order valence-corrected chi connectivity index (χ4v) is 3.12. The Labute approximate surface area is 125 Å². The minimum atomic E-state index is -5.55. The molecule has 0 amide bonds. The maximum absolute atomic E-state index is 11.8. The summed E-state index contributed by atoms with van der Waals surface area (Å²) in [6, 6.07) is 6.47. The number of rotatable bonds is 5. The van der Waals surface area contributed by atoms with Gasteiger partial charge in [-0.3, -0.25) is 0 Å². The van der Waals surface area contributed by atoms with Gasteiger partial charge in [0.15, 0.2) is 0 Å². The van der Waals surface area contributed by atoms with Crippen LogP contribution in [-0.2, 0) is 10.1 Å². The van der Waals surface area contributed by atoms with Crippen LogP contribution in [0.1, 0.15) is 20.8 Å². The summed E-state index contributed by atoms with van der Waals surface area (Å²) in [4.78, 5) is 0. The molecule has 1 aromatic rings. The molecule has 122 valence electrons. The van der Waals surface area contributed by atoms with Crippen molar-refractivity contribution >= 4 is 18.0 Å². The Hall–Kier alpha value is -0.810. The van der Waals surface area contributed by atoms with E-state index in [9.17, 15) is 21.6 Å². The molecule has 0 atom stereocenters. The summed E-state index contributed by atoms with van der Waals surface area (Å²) in [5.41, 5.74) is -5.40. The molecular formula is C13H20F3O3PS. The molecular weight excluding hydrogens is 324 g/mol. The van der Waals surface area contributed by atoms with E-state index in [4.69, 9.17) is 0 Å². The van der Waals surface area contributed by atoms with E-state index in [0.717, 1.165) is 12.1 Å². The minimum Gasteiger partial charge on any atom is -0.376 e. The first-order valence-electron chi connectivity index (χ1n) is 6.46. The predicted octanol–water partition coefficient (Wildman–Crippen LogP) is 4.44. The zero-order valence-electron chi connectivity index (χ0n) is 12.2. The van der Waals surface area contributed by atoms with Crippen LogP contribution < -0.4 is 4.18 Å². The molecule has 0 saturated carbocycles. The van der Waals surface area contributed by atoms with Gasteiger partial charge >= 0.3 is 15.6 Å². The molecule has 3 nitrogen and oxygen atoms in total. The van der Waals surface area contributed by atoms with Gasteiger partial charge in [0, 0.05) is 0 Å². The standard InChI is InChI=1S/C7H5F3O3S.C6H15P/c8-7(9,10)14(11,12)13-6-4-2-1-3-5-6;1-4-7(5-2)6-3/h1-5H;4-6H2,1-3H3. The summed E-state index contributed by atoms with van der Waals surface area (Å²) in [6.07, 6.45) is 4.26. The second-order valence-corrected chi connectivity index (χ2v) is 8.69. The van der Waals surface area contributed by atoms with Crippen molar-refractivity contribution in [2.45, 2.75) is 26.3 Å². The van der Waals surface area contributed by atoms with Crippen molar-refractivity contribution in [1.29, 1.82) is 0 Å². The highest BCUT2D eigenvalue weighted by Crippen LogP contribution is 2.32. The number of halogens is 3. The van der Waals surface area contributed by atoms with Gasteiger partial charge in [-0.2, -0.15) is 21.6 Å². The van der Waals surface area contributed by atoms with Crippen LogP contribution in [0.5, 0.6) is 5.75 Å². The Morgan fingerprint density at radius 3 is 1.71 bits per heavy atom. The smallest absolute Gasteiger partial charge is 0.376 e. The average molecular weight is 344 g/mol. The third kappa shape index (κ3) is 7.67. The summed E-state index contributed by atoms with van der Waals surface area (Å²) in [7, 11) is -5.10. The molecule has 0 spiro atoms. The number of hydrogen-bond acceptors (Lipinski definition) is 3. The van der Waals surface area contributed by atoms with Crippen molar-refractivity contribution in [3.8, 4) is 5.75 Å². The van der Waals surface area contributed by atoms with Gasteiger partial charge in [-0.15, -0.1) is 7.92 Å². The van der Waals surface area contributed by atoms with E-state index in [1.165, 1.54) is 36.7 Å². The highest BCUT2D eigenvalue weighted by molar-refractivity contribution is 7.88. The Morgan fingerprint density at radius 2 is 1.43 bits per heavy atom. The number of para-hydroxylation sites is 1. The van der Waals surface area contributed by atoms with Crippen LogP contribution in [0, 0.1) is 0 Å². The monoisotopic (exact) mass is 344 g/mol. The van der Waals surface area contributed by atoms with Gasteiger partial charge < -0.3 is 4.18 Å². The molecule has 21 heavy (non-hydrogen) atoms. The number of hydrogen-bond donors (Lipinski definition) is 0. The van der Waals surface area contributed by atoms with Crippen LogP contribution in [0.25, 0.3) is 0 Å². The molecule has 0 fully saturated rings. The third-order valence-electron chi connectivity index (χ3n) is 2.57. The lowest BCUT2D eigenvalue weighted by atomic mass is 10.3. The van der Waals surface area contributed by atoms with Crippen LogP contribution in [0.2, 0.25) is 0 Å². The summed E-state index contributed by atoms with van der Waals surface area (Å²) in [5, 5.41) is 0. The third-order valence-corrected chi connectivity index (χ3v) is 6.24. The van der Waals surface area contributed by atoms with Gasteiger partial charge in [-0.05, 0) is 30.6 Å². The topological polar surface area (TPSA) is 43.4 Å². The number of benzene rings is 1. The largest absolute Gasteiger partial charge is 0.534 e. The molecule has 0 N–H and O–H groups in total.